The van der Waals surface area contributed by atoms with Crippen molar-refractivity contribution >= 4 is 16.8 Å². The Labute approximate surface area is 64.9 Å². The van der Waals surface area contributed by atoms with Crippen molar-refractivity contribution in [1.29, 1.82) is 0 Å². The summed E-state index contributed by atoms with van der Waals surface area (Å²) in [6.45, 7) is 2.09. The summed E-state index contributed by atoms with van der Waals surface area (Å²) in [5.74, 6) is 0. The molecule has 4 heteroatoms. The number of ether oxygens (including phenoxy) is 1. The average molecular weight is 164 g/mol. The number of likely N-dealkylation sites (N-methyl/N-ethyl adjacent to an activating group) is 1. The fourth-order valence-corrected chi connectivity index (χ4v) is 1.05. The molecule has 1 rings (SSSR count). The maximum absolute atomic E-state index is 10.6. The summed E-state index contributed by atoms with van der Waals surface area (Å²) in [5.41, 5.74) is 0. The van der Waals surface area contributed by atoms with Gasteiger partial charge in [-0.1, -0.05) is 0 Å². The topological polar surface area (TPSA) is 29.5 Å². The molecule has 1 saturated heterocycles. The second-order valence-corrected chi connectivity index (χ2v) is 2.80. The summed E-state index contributed by atoms with van der Waals surface area (Å²) >= 11 is 5.23. The van der Waals surface area contributed by atoms with Crippen molar-refractivity contribution in [2.45, 2.75) is 6.10 Å². The van der Waals surface area contributed by atoms with Gasteiger partial charge in [0.25, 0.3) is 5.24 Å². The molecule has 1 atom stereocenters. The van der Waals surface area contributed by atoms with Gasteiger partial charge in [0.15, 0.2) is 0 Å². The molecule has 1 aliphatic heterocycles. The van der Waals surface area contributed by atoms with Crippen molar-refractivity contribution < 1.29 is 9.53 Å². The Kier molecular flexibility index (Phi) is 2.65. The third-order valence-corrected chi connectivity index (χ3v) is 1.77. The Bertz CT molecular complexity index is 140. The number of carbonyl (C=O) groups excluding carboxylic acids is 1. The SMILES string of the molecule is CN1CCOC(C(=O)Cl)C1. The molecule has 0 spiro atoms. The molecule has 0 aromatic carbocycles. The molecule has 0 radical (unpaired) electrons. The van der Waals surface area contributed by atoms with E-state index in [1.54, 1.807) is 0 Å². The van der Waals surface area contributed by atoms with Gasteiger partial charge in [-0.15, -0.1) is 0 Å². The minimum atomic E-state index is -0.416. The van der Waals surface area contributed by atoms with E-state index in [1.165, 1.54) is 0 Å². The van der Waals surface area contributed by atoms with Crippen molar-refractivity contribution in [3.8, 4) is 0 Å². The predicted octanol–water partition coefficient (Wildman–Crippen LogP) is 0.0824. The third-order valence-electron chi connectivity index (χ3n) is 1.52. The Balaban J connectivity index is 2.39. The highest BCUT2D eigenvalue weighted by molar-refractivity contribution is 6.64. The normalized spacial score (nSPS) is 28.4. The minimum Gasteiger partial charge on any atom is -0.366 e. The second kappa shape index (κ2) is 3.32. The second-order valence-electron chi connectivity index (χ2n) is 2.43. The Morgan fingerprint density at radius 2 is 2.50 bits per heavy atom. The molecule has 1 unspecified atom stereocenters. The summed E-state index contributed by atoms with van der Waals surface area (Å²) in [6.07, 6.45) is -0.416. The lowest BCUT2D eigenvalue weighted by Gasteiger charge is -2.27. The highest BCUT2D eigenvalue weighted by Crippen LogP contribution is 2.05. The number of carbonyl (C=O) groups is 1. The highest BCUT2D eigenvalue weighted by Gasteiger charge is 2.22. The van der Waals surface area contributed by atoms with Gasteiger partial charge in [0.05, 0.1) is 6.61 Å². The van der Waals surface area contributed by atoms with E-state index in [4.69, 9.17) is 16.3 Å². The summed E-state index contributed by atoms with van der Waals surface area (Å²) in [7, 11) is 1.94. The number of hydrogen-bond acceptors (Lipinski definition) is 3. The van der Waals surface area contributed by atoms with Crippen LogP contribution in [0.5, 0.6) is 0 Å². The van der Waals surface area contributed by atoms with Crippen LogP contribution in [-0.4, -0.2) is 43.0 Å². The van der Waals surface area contributed by atoms with E-state index in [2.05, 4.69) is 0 Å². The first kappa shape index (κ1) is 7.98. The largest absolute Gasteiger partial charge is 0.366 e. The Hall–Kier alpha value is -0.120. The number of halogens is 1. The van der Waals surface area contributed by atoms with Crippen LogP contribution in [0.25, 0.3) is 0 Å². The summed E-state index contributed by atoms with van der Waals surface area (Å²) in [5, 5.41) is -0.397. The van der Waals surface area contributed by atoms with Gasteiger partial charge in [-0.05, 0) is 18.6 Å². The van der Waals surface area contributed by atoms with Crippen LogP contribution >= 0.6 is 11.6 Å². The zero-order chi connectivity index (χ0) is 7.56. The van der Waals surface area contributed by atoms with E-state index in [0.29, 0.717) is 13.2 Å². The molecule has 1 heterocycles. The predicted molar refractivity (Wildman–Crippen MR) is 38.1 cm³/mol. The van der Waals surface area contributed by atoms with Crippen molar-refractivity contribution in [3.63, 3.8) is 0 Å². The third kappa shape index (κ3) is 1.94. The van der Waals surface area contributed by atoms with Crippen LogP contribution in [0.2, 0.25) is 0 Å². The number of hydrogen-bond donors (Lipinski definition) is 0. The Morgan fingerprint density at radius 3 is 2.90 bits per heavy atom. The van der Waals surface area contributed by atoms with Gasteiger partial charge in [-0.3, -0.25) is 4.79 Å². The molecule has 0 bridgehead atoms. The average Bonchev–Trinajstić information content (AvgIpc) is 1.88. The zero-order valence-corrected chi connectivity index (χ0v) is 6.60. The molecule has 0 saturated carbocycles. The molecule has 0 aromatic rings. The summed E-state index contributed by atoms with van der Waals surface area (Å²) < 4.78 is 5.09. The molecular formula is C6H10ClNO2. The molecule has 0 aromatic heterocycles. The fraction of sp³-hybridized carbons (Fsp3) is 0.833. The van der Waals surface area contributed by atoms with Crippen molar-refractivity contribution in [3.05, 3.63) is 0 Å². The van der Waals surface area contributed by atoms with Gasteiger partial charge < -0.3 is 9.64 Å². The van der Waals surface area contributed by atoms with Crippen molar-refractivity contribution in [2.75, 3.05) is 26.7 Å². The van der Waals surface area contributed by atoms with E-state index < -0.39 is 11.3 Å². The zero-order valence-electron chi connectivity index (χ0n) is 5.84. The molecule has 10 heavy (non-hydrogen) atoms. The Morgan fingerprint density at radius 1 is 1.80 bits per heavy atom. The number of nitrogens with zero attached hydrogens (tertiary/aromatic N) is 1. The quantitative estimate of drug-likeness (QED) is 0.513. The lowest BCUT2D eigenvalue weighted by molar-refractivity contribution is -0.127. The molecule has 1 aliphatic rings. The van der Waals surface area contributed by atoms with Crippen LogP contribution in [0.3, 0.4) is 0 Å². The molecule has 1 fully saturated rings. The van der Waals surface area contributed by atoms with Crippen molar-refractivity contribution in [2.24, 2.45) is 0 Å². The monoisotopic (exact) mass is 163 g/mol. The standard InChI is InChI=1S/C6H10ClNO2/c1-8-2-3-10-5(4-8)6(7)9/h5H,2-4H2,1H3. The van der Waals surface area contributed by atoms with Gasteiger partial charge in [-0.2, -0.15) is 0 Å². The lowest BCUT2D eigenvalue weighted by atomic mass is 10.3. The van der Waals surface area contributed by atoms with Crippen LogP contribution in [0.15, 0.2) is 0 Å². The van der Waals surface area contributed by atoms with Crippen LogP contribution in [0.1, 0.15) is 0 Å². The van der Waals surface area contributed by atoms with Crippen LogP contribution in [0, 0.1) is 0 Å². The minimum absolute atomic E-state index is 0.397. The van der Waals surface area contributed by atoms with Gasteiger partial charge in [-0.25, -0.2) is 0 Å². The maximum atomic E-state index is 10.6. The number of morpholine rings is 1. The highest BCUT2D eigenvalue weighted by atomic mass is 35.5. The molecule has 0 aliphatic carbocycles. The number of rotatable bonds is 1. The first-order chi connectivity index (χ1) is 4.70. The van der Waals surface area contributed by atoms with E-state index in [-0.39, 0.29) is 0 Å². The summed E-state index contributed by atoms with van der Waals surface area (Å²) in [6, 6.07) is 0. The van der Waals surface area contributed by atoms with E-state index in [9.17, 15) is 4.79 Å². The molecule has 0 amide bonds. The first-order valence-electron chi connectivity index (χ1n) is 3.19. The first-order valence-corrected chi connectivity index (χ1v) is 3.57. The van der Waals surface area contributed by atoms with E-state index in [1.807, 2.05) is 11.9 Å². The molecule has 58 valence electrons. The van der Waals surface area contributed by atoms with E-state index in [0.717, 1.165) is 6.54 Å². The van der Waals surface area contributed by atoms with Gasteiger partial charge in [0.1, 0.15) is 6.10 Å². The van der Waals surface area contributed by atoms with Crippen LogP contribution < -0.4 is 0 Å². The maximum Gasteiger partial charge on any atom is 0.251 e. The molecule has 0 N–H and O–H groups in total. The van der Waals surface area contributed by atoms with Gasteiger partial charge >= 0.3 is 0 Å². The lowest BCUT2D eigenvalue weighted by Crippen LogP contribution is -2.42. The fourth-order valence-electron chi connectivity index (χ4n) is 0.915. The van der Waals surface area contributed by atoms with Gasteiger partial charge in [0.2, 0.25) is 0 Å². The molecule has 3 nitrogen and oxygen atoms in total. The van der Waals surface area contributed by atoms with Crippen LogP contribution in [-0.2, 0) is 9.53 Å². The summed E-state index contributed by atoms with van der Waals surface area (Å²) in [4.78, 5) is 12.6. The van der Waals surface area contributed by atoms with Gasteiger partial charge in [0, 0.05) is 13.1 Å². The van der Waals surface area contributed by atoms with Crippen molar-refractivity contribution in [1.82, 2.24) is 4.90 Å². The smallest absolute Gasteiger partial charge is 0.251 e. The molecular weight excluding hydrogens is 154 g/mol. The van der Waals surface area contributed by atoms with Crippen LogP contribution in [0.4, 0.5) is 0 Å². The van der Waals surface area contributed by atoms with E-state index >= 15 is 0 Å².